The summed E-state index contributed by atoms with van der Waals surface area (Å²) < 4.78 is 2.28. The Bertz CT molecular complexity index is 773. The molecule has 0 fully saturated rings. The number of fused-ring (bicyclic) bond motifs is 1. The predicted molar refractivity (Wildman–Crippen MR) is 104 cm³/mol. The third kappa shape index (κ3) is 3.39. The zero-order chi connectivity index (χ0) is 16.1. The van der Waals surface area contributed by atoms with Crippen LogP contribution in [-0.4, -0.2) is 13.3 Å². The maximum Gasteiger partial charge on any atom is 0.0491 e. The third-order valence-electron chi connectivity index (χ3n) is 3.14. The molecule has 2 nitrogen and oxygen atoms in total. The molecule has 0 bridgehead atoms. The van der Waals surface area contributed by atoms with Gasteiger partial charge in [0.2, 0.25) is 0 Å². The highest BCUT2D eigenvalue weighted by molar-refractivity contribution is 9.10. The molecule has 2 aromatic carbocycles. The minimum atomic E-state index is 0.769. The Labute approximate surface area is 143 Å². The summed E-state index contributed by atoms with van der Waals surface area (Å²) in [6, 6.07) is 14.6. The molecule has 0 aliphatic carbocycles. The van der Waals surface area contributed by atoms with Crippen LogP contribution in [0, 0.1) is 0 Å². The van der Waals surface area contributed by atoms with E-state index in [2.05, 4.69) is 57.3 Å². The molecule has 0 atom stereocenters. The highest BCUT2D eigenvalue weighted by Gasteiger charge is 2.11. The van der Waals surface area contributed by atoms with Crippen LogP contribution in [0.25, 0.3) is 20.5 Å². The van der Waals surface area contributed by atoms with Gasteiger partial charge in [0.1, 0.15) is 0 Å². The van der Waals surface area contributed by atoms with E-state index in [0.29, 0.717) is 0 Å². The number of hydrogen-bond donors (Lipinski definition) is 1. The number of nitrogens with zero attached hydrogens (tertiary/aromatic N) is 1. The second kappa shape index (κ2) is 7.56. The van der Waals surface area contributed by atoms with Gasteiger partial charge < -0.3 is 5.73 Å². The Morgan fingerprint density at radius 3 is 2.55 bits per heavy atom. The molecule has 1 aromatic heterocycles. The Morgan fingerprint density at radius 2 is 1.86 bits per heavy atom. The van der Waals surface area contributed by atoms with Crippen molar-refractivity contribution >= 4 is 49.3 Å². The minimum absolute atomic E-state index is 0.769. The topological polar surface area (TPSA) is 38.4 Å². The quantitative estimate of drug-likeness (QED) is 0.434. The number of thiophene rings is 1. The van der Waals surface area contributed by atoms with Crippen molar-refractivity contribution in [2.24, 2.45) is 4.99 Å². The van der Waals surface area contributed by atoms with Gasteiger partial charge in [-0.15, -0.1) is 11.3 Å². The van der Waals surface area contributed by atoms with E-state index in [-0.39, 0.29) is 0 Å². The maximum atomic E-state index is 6.29. The highest BCUT2D eigenvalue weighted by atomic mass is 79.9. The second-order valence-electron chi connectivity index (χ2n) is 4.49. The van der Waals surface area contributed by atoms with E-state index in [1.54, 1.807) is 24.6 Å². The molecule has 0 amide bonds. The molecule has 0 saturated carbocycles. The molecule has 3 rings (SSSR count). The van der Waals surface area contributed by atoms with Crippen LogP contribution in [0.4, 0.5) is 5.69 Å². The summed E-state index contributed by atoms with van der Waals surface area (Å²) in [5, 5.41) is 1.25. The number of nitrogen functional groups attached to an aromatic ring is 1. The zero-order valence-corrected chi connectivity index (χ0v) is 15.3. The lowest BCUT2D eigenvalue weighted by Crippen LogP contribution is -1.96. The SMILES string of the molecule is CC.CN=Cc1cc(Br)cc(-c2cc3ccccc3s2)c1N. The van der Waals surface area contributed by atoms with E-state index in [0.717, 1.165) is 21.3 Å². The Balaban J connectivity index is 0.000000847. The number of benzene rings is 2. The molecule has 0 aliphatic rings. The van der Waals surface area contributed by atoms with Crippen molar-refractivity contribution < 1.29 is 0 Å². The van der Waals surface area contributed by atoms with Gasteiger partial charge >= 0.3 is 0 Å². The second-order valence-corrected chi connectivity index (χ2v) is 6.49. The molecule has 0 aliphatic heterocycles. The van der Waals surface area contributed by atoms with Crippen LogP contribution in [0.1, 0.15) is 19.4 Å². The van der Waals surface area contributed by atoms with Gasteiger partial charge in [-0.2, -0.15) is 0 Å². The standard InChI is InChI=1S/C16H13BrN2S.C2H6/c1-19-9-11-6-12(17)8-13(16(11)18)15-7-10-4-2-3-5-14(10)20-15;1-2/h2-9H,18H2,1H3;1-2H3. The molecule has 22 heavy (non-hydrogen) atoms. The molecular formula is C18H19BrN2S. The summed E-state index contributed by atoms with van der Waals surface area (Å²) in [6.45, 7) is 4.00. The van der Waals surface area contributed by atoms with Gasteiger partial charge in [0.05, 0.1) is 0 Å². The number of nitrogens with two attached hydrogens (primary N) is 1. The smallest absolute Gasteiger partial charge is 0.0491 e. The van der Waals surface area contributed by atoms with Crippen LogP contribution in [0.2, 0.25) is 0 Å². The average molecular weight is 375 g/mol. The van der Waals surface area contributed by atoms with E-state index in [1.165, 1.54) is 15.0 Å². The van der Waals surface area contributed by atoms with Gasteiger partial charge in [0.15, 0.2) is 0 Å². The third-order valence-corrected chi connectivity index (χ3v) is 4.74. The van der Waals surface area contributed by atoms with Crippen molar-refractivity contribution in [2.75, 3.05) is 12.8 Å². The van der Waals surface area contributed by atoms with Gasteiger partial charge in [-0.25, -0.2) is 0 Å². The van der Waals surface area contributed by atoms with E-state index >= 15 is 0 Å². The zero-order valence-electron chi connectivity index (χ0n) is 12.9. The summed E-state index contributed by atoms with van der Waals surface area (Å²) in [5.74, 6) is 0. The van der Waals surface area contributed by atoms with Gasteiger partial charge in [0.25, 0.3) is 0 Å². The van der Waals surface area contributed by atoms with E-state index in [1.807, 2.05) is 19.9 Å². The molecule has 0 saturated heterocycles. The first-order valence-corrected chi connectivity index (χ1v) is 8.80. The molecule has 0 unspecified atom stereocenters. The summed E-state index contributed by atoms with van der Waals surface area (Å²) >= 11 is 5.30. The molecule has 4 heteroatoms. The summed E-state index contributed by atoms with van der Waals surface area (Å²) in [4.78, 5) is 5.24. The van der Waals surface area contributed by atoms with Gasteiger partial charge in [-0.05, 0) is 29.7 Å². The van der Waals surface area contributed by atoms with E-state index in [9.17, 15) is 0 Å². The van der Waals surface area contributed by atoms with Crippen molar-refractivity contribution in [1.29, 1.82) is 0 Å². The Kier molecular flexibility index (Phi) is 5.75. The fourth-order valence-corrected chi connectivity index (χ4v) is 3.77. The molecule has 2 N–H and O–H groups in total. The lowest BCUT2D eigenvalue weighted by atomic mass is 10.1. The molecule has 1 heterocycles. The summed E-state index contributed by atoms with van der Waals surface area (Å²) in [7, 11) is 1.75. The Morgan fingerprint density at radius 1 is 1.14 bits per heavy atom. The average Bonchev–Trinajstić information content (AvgIpc) is 2.96. The first kappa shape index (κ1) is 16.7. The molecule has 0 spiro atoms. The molecule has 114 valence electrons. The van der Waals surface area contributed by atoms with E-state index in [4.69, 9.17) is 5.73 Å². The van der Waals surface area contributed by atoms with Crippen LogP contribution >= 0.6 is 27.3 Å². The van der Waals surface area contributed by atoms with Crippen LogP contribution in [0.15, 0.2) is 51.9 Å². The lowest BCUT2D eigenvalue weighted by molar-refractivity contribution is 1.46. The molecular weight excluding hydrogens is 356 g/mol. The van der Waals surface area contributed by atoms with Crippen LogP contribution in [-0.2, 0) is 0 Å². The monoisotopic (exact) mass is 374 g/mol. The number of hydrogen-bond acceptors (Lipinski definition) is 3. The minimum Gasteiger partial charge on any atom is -0.398 e. The maximum absolute atomic E-state index is 6.29. The normalized spacial score (nSPS) is 10.7. The first-order valence-electron chi connectivity index (χ1n) is 7.19. The number of halogens is 1. The first-order chi connectivity index (χ1) is 10.7. The van der Waals surface area contributed by atoms with Gasteiger partial charge in [-0.3, -0.25) is 4.99 Å². The lowest BCUT2D eigenvalue weighted by Gasteiger charge is -2.07. The predicted octanol–water partition coefficient (Wildman–Crippen LogP) is 5.99. The van der Waals surface area contributed by atoms with Gasteiger partial charge in [0, 0.05) is 44.1 Å². The number of anilines is 1. The fourth-order valence-electron chi connectivity index (χ4n) is 2.20. The summed E-state index contributed by atoms with van der Waals surface area (Å²) in [5.41, 5.74) is 9.05. The Hall–Kier alpha value is -1.65. The number of rotatable bonds is 2. The van der Waals surface area contributed by atoms with Crippen LogP contribution in [0.5, 0.6) is 0 Å². The van der Waals surface area contributed by atoms with Crippen molar-refractivity contribution in [3.8, 4) is 10.4 Å². The molecule has 0 radical (unpaired) electrons. The van der Waals surface area contributed by atoms with Crippen LogP contribution in [0.3, 0.4) is 0 Å². The summed E-state index contributed by atoms with van der Waals surface area (Å²) in [6.07, 6.45) is 1.79. The van der Waals surface area contributed by atoms with E-state index < -0.39 is 0 Å². The van der Waals surface area contributed by atoms with Gasteiger partial charge in [-0.1, -0.05) is 48.0 Å². The van der Waals surface area contributed by atoms with Crippen molar-refractivity contribution in [2.45, 2.75) is 13.8 Å². The largest absolute Gasteiger partial charge is 0.398 e. The van der Waals surface area contributed by atoms with Crippen molar-refractivity contribution in [3.63, 3.8) is 0 Å². The van der Waals surface area contributed by atoms with Crippen LogP contribution < -0.4 is 5.73 Å². The van der Waals surface area contributed by atoms with Crippen molar-refractivity contribution in [3.05, 3.63) is 52.5 Å². The highest BCUT2D eigenvalue weighted by Crippen LogP contribution is 2.38. The molecule has 3 aromatic rings. The van der Waals surface area contributed by atoms with Crippen molar-refractivity contribution in [1.82, 2.24) is 0 Å². The number of aliphatic imine (C=N–C) groups is 1. The fraction of sp³-hybridized carbons (Fsp3) is 0.167.